The van der Waals surface area contributed by atoms with E-state index in [4.69, 9.17) is 4.74 Å². The lowest BCUT2D eigenvalue weighted by atomic mass is 10.1. The van der Waals surface area contributed by atoms with Gasteiger partial charge in [0.1, 0.15) is 5.10 Å². The van der Waals surface area contributed by atoms with E-state index in [1.165, 1.54) is 0 Å². The summed E-state index contributed by atoms with van der Waals surface area (Å²) in [6.07, 6.45) is 5.04. The molecular weight excluding hydrogens is 388 g/mol. The van der Waals surface area contributed by atoms with Crippen LogP contribution >= 0.6 is 15.9 Å². The maximum absolute atomic E-state index is 11.0. The molecule has 0 aromatic heterocycles. The Bertz CT molecular complexity index is 694. The van der Waals surface area contributed by atoms with Gasteiger partial charge < -0.3 is 14.5 Å². The van der Waals surface area contributed by atoms with Gasteiger partial charge in [-0.15, -0.1) is 0 Å². The molecule has 2 atom stereocenters. The molecule has 2 saturated heterocycles. The fourth-order valence-electron chi connectivity index (χ4n) is 3.25. The Morgan fingerprint density at radius 2 is 2.32 bits per heavy atom. The molecular formula is C17H21BrN4O3. The number of ether oxygens (including phenoxy) is 1. The minimum atomic E-state index is -0.624. The Labute approximate surface area is 155 Å². The monoisotopic (exact) mass is 408 g/mol. The van der Waals surface area contributed by atoms with Crippen molar-refractivity contribution < 1.29 is 9.77 Å². The van der Waals surface area contributed by atoms with E-state index in [0.29, 0.717) is 25.0 Å². The molecule has 2 unspecified atom stereocenters. The number of halogens is 1. The standard InChI is InChI=1S/C17H21BrN4O3/c1-13-9-15(12-25-13)11-21-8-7-20(17(21)19-22(23)24)6-5-14-3-2-4-16(18)10-14/h2-6,10,13,15H,7-9,11-12H2,1H3. The number of benzene rings is 1. The summed E-state index contributed by atoms with van der Waals surface area (Å²) in [5, 5.41) is 14.0. The Balaban J connectivity index is 1.72. The van der Waals surface area contributed by atoms with Crippen LogP contribution in [0.2, 0.25) is 0 Å². The topological polar surface area (TPSA) is 71.2 Å². The zero-order chi connectivity index (χ0) is 17.8. The largest absolute Gasteiger partial charge is 0.378 e. The van der Waals surface area contributed by atoms with Crippen molar-refractivity contribution in [3.05, 3.63) is 50.6 Å². The predicted octanol–water partition coefficient (Wildman–Crippen LogP) is 3.01. The summed E-state index contributed by atoms with van der Waals surface area (Å²) >= 11 is 3.44. The van der Waals surface area contributed by atoms with Crippen LogP contribution in [0.25, 0.3) is 6.08 Å². The highest BCUT2D eigenvalue weighted by molar-refractivity contribution is 9.10. The van der Waals surface area contributed by atoms with Crippen molar-refractivity contribution in [3.8, 4) is 0 Å². The second-order valence-corrected chi connectivity index (χ2v) is 7.31. The Hall–Kier alpha value is -1.93. The fraction of sp³-hybridized carbons (Fsp3) is 0.471. The molecule has 1 aromatic rings. The number of hydrogen-bond donors (Lipinski definition) is 0. The van der Waals surface area contributed by atoms with E-state index in [9.17, 15) is 10.1 Å². The quantitative estimate of drug-likeness (QED) is 0.552. The number of guanidine groups is 1. The van der Waals surface area contributed by atoms with Crippen LogP contribution in [0.5, 0.6) is 0 Å². The Morgan fingerprint density at radius 1 is 1.48 bits per heavy atom. The molecule has 0 aliphatic carbocycles. The molecule has 0 saturated carbocycles. The van der Waals surface area contributed by atoms with E-state index in [1.807, 2.05) is 46.3 Å². The van der Waals surface area contributed by atoms with Crippen LogP contribution in [0, 0.1) is 16.0 Å². The highest BCUT2D eigenvalue weighted by atomic mass is 79.9. The van der Waals surface area contributed by atoms with Crippen molar-refractivity contribution in [1.29, 1.82) is 0 Å². The van der Waals surface area contributed by atoms with Crippen molar-refractivity contribution >= 4 is 28.0 Å². The number of hydrogen-bond acceptors (Lipinski definition) is 3. The summed E-state index contributed by atoms with van der Waals surface area (Å²) in [6.45, 7) is 4.90. The van der Waals surface area contributed by atoms with Crippen molar-refractivity contribution in [2.75, 3.05) is 26.2 Å². The first-order chi connectivity index (χ1) is 12.0. The molecule has 0 spiro atoms. The summed E-state index contributed by atoms with van der Waals surface area (Å²) in [6, 6.07) is 7.88. The third-order valence-electron chi connectivity index (χ3n) is 4.38. The van der Waals surface area contributed by atoms with Gasteiger partial charge in [0, 0.05) is 36.2 Å². The Morgan fingerprint density at radius 3 is 3.00 bits per heavy atom. The van der Waals surface area contributed by atoms with Gasteiger partial charge >= 0.3 is 0 Å². The van der Waals surface area contributed by atoms with Crippen molar-refractivity contribution in [2.24, 2.45) is 11.0 Å². The first kappa shape index (κ1) is 17.9. The van der Waals surface area contributed by atoms with Crippen molar-refractivity contribution in [3.63, 3.8) is 0 Å². The molecule has 2 aliphatic rings. The maximum Gasteiger partial charge on any atom is 0.278 e. The maximum atomic E-state index is 11.0. The zero-order valence-corrected chi connectivity index (χ0v) is 15.6. The van der Waals surface area contributed by atoms with Crippen LogP contribution in [0.15, 0.2) is 40.0 Å². The molecule has 0 amide bonds. The molecule has 0 radical (unpaired) electrons. The second-order valence-electron chi connectivity index (χ2n) is 6.39. The highest BCUT2D eigenvalue weighted by Gasteiger charge is 2.32. The first-order valence-corrected chi connectivity index (χ1v) is 9.10. The summed E-state index contributed by atoms with van der Waals surface area (Å²) in [7, 11) is 0. The van der Waals surface area contributed by atoms with Crippen LogP contribution in [0.3, 0.4) is 0 Å². The lowest BCUT2D eigenvalue weighted by molar-refractivity contribution is -0.486. The summed E-state index contributed by atoms with van der Waals surface area (Å²) < 4.78 is 6.60. The summed E-state index contributed by atoms with van der Waals surface area (Å²) in [5.74, 6) is 0.789. The van der Waals surface area contributed by atoms with Gasteiger partial charge in [-0.05, 0) is 37.1 Å². The predicted molar refractivity (Wildman–Crippen MR) is 99.4 cm³/mol. The summed E-state index contributed by atoms with van der Waals surface area (Å²) in [5.41, 5.74) is 1.02. The minimum Gasteiger partial charge on any atom is -0.378 e. The van der Waals surface area contributed by atoms with E-state index in [2.05, 4.69) is 28.0 Å². The normalized spacial score (nSPS) is 25.4. The van der Waals surface area contributed by atoms with E-state index >= 15 is 0 Å². The molecule has 25 heavy (non-hydrogen) atoms. The highest BCUT2D eigenvalue weighted by Crippen LogP contribution is 2.22. The molecule has 0 bridgehead atoms. The van der Waals surface area contributed by atoms with Gasteiger partial charge in [-0.2, -0.15) is 0 Å². The lowest BCUT2D eigenvalue weighted by Crippen LogP contribution is -2.35. The van der Waals surface area contributed by atoms with E-state index < -0.39 is 5.03 Å². The molecule has 3 rings (SSSR count). The third kappa shape index (κ3) is 4.79. The third-order valence-corrected chi connectivity index (χ3v) is 4.87. The van der Waals surface area contributed by atoms with Gasteiger partial charge in [0.25, 0.3) is 5.96 Å². The Kier molecular flexibility index (Phi) is 5.70. The molecule has 134 valence electrons. The first-order valence-electron chi connectivity index (χ1n) is 8.31. The van der Waals surface area contributed by atoms with Crippen LogP contribution in [-0.4, -0.2) is 53.1 Å². The molecule has 1 aromatic carbocycles. The van der Waals surface area contributed by atoms with Crippen molar-refractivity contribution in [1.82, 2.24) is 9.80 Å². The smallest absolute Gasteiger partial charge is 0.278 e. The van der Waals surface area contributed by atoms with Gasteiger partial charge in [-0.3, -0.25) is 0 Å². The fourth-order valence-corrected chi connectivity index (χ4v) is 3.67. The van der Waals surface area contributed by atoms with Crippen LogP contribution < -0.4 is 0 Å². The van der Waals surface area contributed by atoms with Gasteiger partial charge in [0.05, 0.1) is 12.7 Å². The second kappa shape index (κ2) is 7.97. The van der Waals surface area contributed by atoms with E-state index in [-0.39, 0.29) is 6.10 Å². The number of rotatable bonds is 5. The van der Waals surface area contributed by atoms with Crippen LogP contribution in [0.4, 0.5) is 0 Å². The molecule has 7 nitrogen and oxygen atoms in total. The molecule has 8 heteroatoms. The summed E-state index contributed by atoms with van der Waals surface area (Å²) in [4.78, 5) is 14.8. The lowest BCUT2D eigenvalue weighted by Gasteiger charge is -2.21. The van der Waals surface area contributed by atoms with Gasteiger partial charge in [0.2, 0.25) is 0 Å². The molecule has 2 heterocycles. The zero-order valence-electron chi connectivity index (χ0n) is 14.0. The van der Waals surface area contributed by atoms with Crippen LogP contribution in [0.1, 0.15) is 18.9 Å². The SMILES string of the molecule is CC1CC(CN2CCN(C=Cc3cccc(Br)c3)C2=N[N+](=O)[O-])CO1. The number of nitro groups is 1. The van der Waals surface area contributed by atoms with Gasteiger partial charge in [-0.25, -0.2) is 10.1 Å². The number of nitrogens with zero attached hydrogens (tertiary/aromatic N) is 4. The average molecular weight is 409 g/mol. The number of hydrazone groups is 1. The molecule has 2 fully saturated rings. The van der Waals surface area contributed by atoms with E-state index in [0.717, 1.165) is 29.5 Å². The van der Waals surface area contributed by atoms with Gasteiger partial charge in [-0.1, -0.05) is 28.1 Å². The molecule has 0 N–H and O–H groups in total. The van der Waals surface area contributed by atoms with Gasteiger partial charge in [0.15, 0.2) is 5.03 Å². The van der Waals surface area contributed by atoms with E-state index in [1.54, 1.807) is 0 Å². The van der Waals surface area contributed by atoms with Crippen molar-refractivity contribution in [2.45, 2.75) is 19.4 Å². The average Bonchev–Trinajstić information content (AvgIpc) is 3.12. The minimum absolute atomic E-state index is 0.260. The molecule has 2 aliphatic heterocycles. The van der Waals surface area contributed by atoms with Crippen LogP contribution in [-0.2, 0) is 4.74 Å².